The first kappa shape index (κ1) is 23.0. The predicted octanol–water partition coefficient (Wildman–Crippen LogP) is 4.47. The summed E-state index contributed by atoms with van der Waals surface area (Å²) < 4.78 is 5.94. The number of ether oxygens (including phenoxy) is 1. The second kappa shape index (κ2) is 11.1. The van der Waals surface area contributed by atoms with E-state index in [0.29, 0.717) is 22.2 Å². The molecular weight excluding hydrogens is 494 g/mol. The van der Waals surface area contributed by atoms with Crippen LogP contribution in [0.25, 0.3) is 0 Å². The van der Waals surface area contributed by atoms with Crippen LogP contribution in [0.3, 0.4) is 0 Å². The molecule has 1 fully saturated rings. The molecule has 1 saturated heterocycles. The number of rotatable bonds is 7. The summed E-state index contributed by atoms with van der Waals surface area (Å²) in [6, 6.07) is 7.87. The first-order chi connectivity index (χ1) is 14.5. The van der Waals surface area contributed by atoms with Gasteiger partial charge in [0.25, 0.3) is 5.91 Å². The SMILES string of the molecule is COC[C@@H](NC(=O)c1ccc(Br)s1)C(=O)Nc1ccc(N2CCCCCO2)c(Cl)c1. The average Bonchev–Trinajstić information content (AvgIpc) is 2.98. The fourth-order valence-corrected chi connectivity index (χ4v) is 4.56. The molecule has 1 aliphatic heterocycles. The van der Waals surface area contributed by atoms with Crippen molar-refractivity contribution >= 4 is 62.1 Å². The molecule has 0 radical (unpaired) electrons. The summed E-state index contributed by atoms with van der Waals surface area (Å²) in [5, 5.41) is 7.77. The van der Waals surface area contributed by atoms with Gasteiger partial charge in [0, 0.05) is 19.3 Å². The molecule has 2 amide bonds. The Bertz CT molecular complexity index is 887. The first-order valence-electron chi connectivity index (χ1n) is 9.54. The largest absolute Gasteiger partial charge is 0.382 e. The molecule has 30 heavy (non-hydrogen) atoms. The van der Waals surface area contributed by atoms with Crippen LogP contribution >= 0.6 is 38.9 Å². The highest BCUT2D eigenvalue weighted by Crippen LogP contribution is 2.30. The minimum Gasteiger partial charge on any atom is -0.382 e. The molecule has 0 aliphatic carbocycles. The summed E-state index contributed by atoms with van der Waals surface area (Å²) in [5.41, 5.74) is 1.29. The van der Waals surface area contributed by atoms with E-state index >= 15 is 0 Å². The zero-order chi connectivity index (χ0) is 21.5. The number of thiophene rings is 1. The summed E-state index contributed by atoms with van der Waals surface area (Å²) in [5.74, 6) is -0.731. The van der Waals surface area contributed by atoms with Crippen LogP contribution < -0.4 is 15.7 Å². The first-order valence-corrected chi connectivity index (χ1v) is 11.5. The van der Waals surface area contributed by atoms with Crippen LogP contribution in [0.1, 0.15) is 28.9 Å². The lowest BCUT2D eigenvalue weighted by atomic mass is 10.2. The highest BCUT2D eigenvalue weighted by Gasteiger charge is 2.23. The molecule has 1 aliphatic rings. The Morgan fingerprint density at radius 1 is 1.30 bits per heavy atom. The summed E-state index contributed by atoms with van der Waals surface area (Å²) in [6.45, 7) is 1.47. The molecular formula is C20H23BrClN3O4S. The summed E-state index contributed by atoms with van der Waals surface area (Å²) in [7, 11) is 1.47. The number of carbonyl (C=O) groups excluding carboxylic acids is 2. The van der Waals surface area contributed by atoms with Crippen LogP contribution in [-0.2, 0) is 14.4 Å². The molecule has 10 heteroatoms. The third kappa shape index (κ3) is 6.18. The quantitative estimate of drug-likeness (QED) is 0.568. The van der Waals surface area contributed by atoms with E-state index in [1.165, 1.54) is 18.4 Å². The summed E-state index contributed by atoms with van der Waals surface area (Å²) >= 11 is 11.1. The second-order valence-electron chi connectivity index (χ2n) is 6.74. The van der Waals surface area contributed by atoms with Crippen molar-refractivity contribution in [2.75, 3.05) is 37.2 Å². The Labute approximate surface area is 192 Å². The molecule has 1 aromatic carbocycles. The minimum atomic E-state index is -0.851. The van der Waals surface area contributed by atoms with Gasteiger partial charge < -0.3 is 15.4 Å². The lowest BCUT2D eigenvalue weighted by molar-refractivity contribution is -0.119. The molecule has 3 rings (SSSR count). The number of benzene rings is 1. The highest BCUT2D eigenvalue weighted by molar-refractivity contribution is 9.11. The lowest BCUT2D eigenvalue weighted by Crippen LogP contribution is -2.46. The van der Waals surface area contributed by atoms with Crippen molar-refractivity contribution in [1.29, 1.82) is 0 Å². The van der Waals surface area contributed by atoms with Gasteiger partial charge in [0.05, 0.1) is 32.6 Å². The Morgan fingerprint density at radius 2 is 2.13 bits per heavy atom. The van der Waals surface area contributed by atoms with Crippen LogP contribution in [0.15, 0.2) is 34.1 Å². The highest BCUT2D eigenvalue weighted by atomic mass is 79.9. The van der Waals surface area contributed by atoms with Crippen molar-refractivity contribution in [2.45, 2.75) is 25.3 Å². The number of carbonyl (C=O) groups is 2. The van der Waals surface area contributed by atoms with Crippen molar-refractivity contribution < 1.29 is 19.2 Å². The van der Waals surface area contributed by atoms with Gasteiger partial charge in [0.15, 0.2) is 0 Å². The van der Waals surface area contributed by atoms with Gasteiger partial charge in [-0.1, -0.05) is 11.6 Å². The van der Waals surface area contributed by atoms with Crippen molar-refractivity contribution in [3.63, 3.8) is 0 Å². The number of hydrogen-bond donors (Lipinski definition) is 2. The van der Waals surface area contributed by atoms with Crippen molar-refractivity contribution in [3.8, 4) is 0 Å². The molecule has 2 heterocycles. The van der Waals surface area contributed by atoms with E-state index < -0.39 is 11.9 Å². The number of methoxy groups -OCH3 is 1. The Balaban J connectivity index is 1.66. The van der Waals surface area contributed by atoms with Gasteiger partial charge in [-0.3, -0.25) is 19.5 Å². The maximum atomic E-state index is 12.7. The van der Waals surface area contributed by atoms with Gasteiger partial charge in [0.1, 0.15) is 6.04 Å². The lowest BCUT2D eigenvalue weighted by Gasteiger charge is -2.23. The van der Waals surface area contributed by atoms with Gasteiger partial charge in [-0.15, -0.1) is 11.3 Å². The molecule has 2 aromatic rings. The van der Waals surface area contributed by atoms with E-state index in [2.05, 4.69) is 26.6 Å². The van der Waals surface area contributed by atoms with Crippen LogP contribution in [0, 0.1) is 0 Å². The third-order valence-corrected chi connectivity index (χ3v) is 6.41. The maximum Gasteiger partial charge on any atom is 0.262 e. The van der Waals surface area contributed by atoms with Crippen LogP contribution in [0.5, 0.6) is 0 Å². The van der Waals surface area contributed by atoms with Crippen LogP contribution in [-0.4, -0.2) is 44.7 Å². The van der Waals surface area contributed by atoms with E-state index in [1.807, 2.05) is 6.07 Å². The summed E-state index contributed by atoms with van der Waals surface area (Å²) in [6.07, 6.45) is 3.18. The number of amides is 2. The smallest absolute Gasteiger partial charge is 0.262 e. The van der Waals surface area contributed by atoms with Gasteiger partial charge in [0.2, 0.25) is 5.91 Å². The third-order valence-electron chi connectivity index (χ3n) is 4.49. The van der Waals surface area contributed by atoms with E-state index in [9.17, 15) is 9.59 Å². The zero-order valence-electron chi connectivity index (χ0n) is 16.5. The summed E-state index contributed by atoms with van der Waals surface area (Å²) in [4.78, 5) is 31.4. The van der Waals surface area contributed by atoms with Crippen LogP contribution in [0.2, 0.25) is 5.02 Å². The zero-order valence-corrected chi connectivity index (χ0v) is 19.6. The average molecular weight is 517 g/mol. The molecule has 0 bridgehead atoms. The normalized spacial score (nSPS) is 15.4. The molecule has 1 atom stereocenters. The van der Waals surface area contributed by atoms with Crippen molar-refractivity contribution in [3.05, 3.63) is 44.0 Å². The van der Waals surface area contributed by atoms with Gasteiger partial charge in [-0.25, -0.2) is 0 Å². The maximum absolute atomic E-state index is 12.7. The fraction of sp³-hybridized carbons (Fsp3) is 0.400. The Morgan fingerprint density at radius 3 is 2.83 bits per heavy atom. The van der Waals surface area contributed by atoms with Gasteiger partial charge in [-0.2, -0.15) is 0 Å². The number of halogens is 2. The Hall–Kier alpha value is -1.65. The van der Waals surface area contributed by atoms with Gasteiger partial charge in [-0.05, 0) is 65.5 Å². The molecule has 0 unspecified atom stereocenters. The second-order valence-corrected chi connectivity index (χ2v) is 9.61. The minimum absolute atomic E-state index is 0.0392. The number of nitrogens with zero attached hydrogens (tertiary/aromatic N) is 1. The molecule has 1 aromatic heterocycles. The van der Waals surface area contributed by atoms with Crippen LogP contribution in [0.4, 0.5) is 11.4 Å². The van der Waals surface area contributed by atoms with E-state index in [-0.39, 0.29) is 12.5 Å². The van der Waals surface area contributed by atoms with E-state index in [4.69, 9.17) is 21.2 Å². The van der Waals surface area contributed by atoms with Crippen molar-refractivity contribution in [1.82, 2.24) is 5.32 Å². The Kier molecular flexibility index (Phi) is 8.52. The molecule has 0 spiro atoms. The van der Waals surface area contributed by atoms with Gasteiger partial charge >= 0.3 is 0 Å². The molecule has 162 valence electrons. The molecule has 2 N–H and O–H groups in total. The predicted molar refractivity (Wildman–Crippen MR) is 122 cm³/mol. The molecule has 7 nitrogen and oxygen atoms in total. The number of anilines is 2. The number of hydrogen-bond acceptors (Lipinski definition) is 6. The standard InChI is InChI=1S/C20H23BrClN3O4S/c1-28-12-15(24-20(27)17-7-8-18(21)30-17)19(26)23-13-5-6-16(14(22)11-13)25-9-3-2-4-10-29-25/h5-8,11,15H,2-4,9-10,12H2,1H3,(H,23,26)(H,24,27)/t15-/m1/s1. The van der Waals surface area contributed by atoms with E-state index in [1.54, 1.807) is 29.3 Å². The number of nitrogens with one attached hydrogen (secondary N) is 2. The monoisotopic (exact) mass is 515 g/mol. The fourth-order valence-electron chi connectivity index (χ4n) is 3.00. The number of hydroxylamine groups is 1. The van der Waals surface area contributed by atoms with Crippen molar-refractivity contribution in [2.24, 2.45) is 0 Å². The molecule has 0 saturated carbocycles. The van der Waals surface area contributed by atoms with E-state index in [0.717, 1.165) is 35.3 Å². The topological polar surface area (TPSA) is 79.9 Å².